The Morgan fingerprint density at radius 3 is 2.48 bits per heavy atom. The number of rotatable bonds is 2. The van der Waals surface area contributed by atoms with Gasteiger partial charge in [0, 0.05) is 17.8 Å². The van der Waals surface area contributed by atoms with Gasteiger partial charge in [-0.3, -0.25) is 9.59 Å². The molecule has 0 aliphatic heterocycles. The number of anilines is 1. The Morgan fingerprint density at radius 2 is 1.86 bits per heavy atom. The van der Waals surface area contributed by atoms with Gasteiger partial charge in [-0.1, -0.05) is 23.2 Å². The second kappa shape index (κ2) is 5.92. The van der Waals surface area contributed by atoms with Gasteiger partial charge in [-0.25, -0.2) is 0 Å². The largest absolute Gasteiger partial charge is 0.320 e. The van der Waals surface area contributed by atoms with Gasteiger partial charge in [0.1, 0.15) is 5.56 Å². The molecule has 6 heteroatoms. The van der Waals surface area contributed by atoms with E-state index in [1.807, 2.05) is 6.92 Å². The Labute approximate surface area is 132 Å². The van der Waals surface area contributed by atoms with E-state index in [0.717, 1.165) is 5.69 Å². The number of amides is 1. The molecule has 2 rings (SSSR count). The third-order valence-corrected chi connectivity index (χ3v) is 3.82. The Hall–Kier alpha value is -1.78. The molecule has 2 aromatic rings. The number of carbonyl (C=O) groups excluding carboxylic acids is 1. The summed E-state index contributed by atoms with van der Waals surface area (Å²) in [6.45, 7) is 3.54. The molecular formula is C15H14Cl2N2O2. The zero-order chi connectivity index (χ0) is 15.7. The number of pyridine rings is 1. The fraction of sp³-hybridized carbons (Fsp3) is 0.200. The third-order valence-electron chi connectivity index (χ3n) is 3.27. The average Bonchev–Trinajstić information content (AvgIpc) is 2.39. The van der Waals surface area contributed by atoms with Gasteiger partial charge in [-0.05, 0) is 43.7 Å². The van der Waals surface area contributed by atoms with Gasteiger partial charge >= 0.3 is 0 Å². The molecule has 4 nitrogen and oxygen atoms in total. The van der Waals surface area contributed by atoms with Crippen LogP contribution in [-0.2, 0) is 7.05 Å². The summed E-state index contributed by atoms with van der Waals surface area (Å²) in [6, 6.07) is 6.53. The SMILES string of the molecule is Cc1cc(C)n(C)c(=O)c1C(=O)Nc1ccc(Cl)cc1Cl. The van der Waals surface area contributed by atoms with Gasteiger partial charge < -0.3 is 9.88 Å². The van der Waals surface area contributed by atoms with E-state index in [9.17, 15) is 9.59 Å². The molecular weight excluding hydrogens is 311 g/mol. The minimum absolute atomic E-state index is 0.106. The van der Waals surface area contributed by atoms with E-state index in [4.69, 9.17) is 23.2 Å². The Morgan fingerprint density at radius 1 is 1.19 bits per heavy atom. The molecule has 0 saturated heterocycles. The Bertz CT molecular complexity index is 782. The maximum Gasteiger partial charge on any atom is 0.263 e. The fourth-order valence-electron chi connectivity index (χ4n) is 2.03. The van der Waals surface area contributed by atoms with Gasteiger partial charge in [-0.15, -0.1) is 0 Å². The minimum Gasteiger partial charge on any atom is -0.320 e. The second-order valence-electron chi connectivity index (χ2n) is 4.79. The molecule has 110 valence electrons. The highest BCUT2D eigenvalue weighted by Gasteiger charge is 2.17. The molecule has 1 heterocycles. The van der Waals surface area contributed by atoms with Crippen molar-refractivity contribution >= 4 is 34.8 Å². The van der Waals surface area contributed by atoms with Crippen molar-refractivity contribution in [2.75, 3.05) is 5.32 Å². The molecule has 0 fully saturated rings. The van der Waals surface area contributed by atoms with Gasteiger partial charge in [-0.2, -0.15) is 0 Å². The predicted molar refractivity (Wildman–Crippen MR) is 85.6 cm³/mol. The van der Waals surface area contributed by atoms with E-state index >= 15 is 0 Å². The number of hydrogen-bond acceptors (Lipinski definition) is 2. The van der Waals surface area contributed by atoms with E-state index in [-0.39, 0.29) is 11.1 Å². The molecule has 0 aliphatic rings. The molecule has 0 atom stereocenters. The zero-order valence-electron chi connectivity index (χ0n) is 11.8. The number of nitrogens with zero attached hydrogens (tertiary/aromatic N) is 1. The molecule has 1 amide bonds. The number of nitrogens with one attached hydrogen (secondary N) is 1. The third kappa shape index (κ3) is 3.12. The van der Waals surface area contributed by atoms with E-state index in [2.05, 4.69) is 5.32 Å². The first kappa shape index (κ1) is 15.6. The summed E-state index contributed by atoms with van der Waals surface area (Å²) in [7, 11) is 1.63. The highest BCUT2D eigenvalue weighted by Crippen LogP contribution is 2.25. The fourth-order valence-corrected chi connectivity index (χ4v) is 2.49. The van der Waals surface area contributed by atoms with Crippen molar-refractivity contribution in [2.24, 2.45) is 7.05 Å². The standard InChI is InChI=1S/C15H14Cl2N2O2/c1-8-6-9(2)19(3)15(21)13(8)14(20)18-12-5-4-10(16)7-11(12)17/h4-7H,1-3H3,(H,18,20). The summed E-state index contributed by atoms with van der Waals surface area (Å²) in [4.78, 5) is 24.6. The lowest BCUT2D eigenvalue weighted by Gasteiger charge is -2.12. The maximum absolute atomic E-state index is 12.3. The molecule has 0 saturated carbocycles. The topological polar surface area (TPSA) is 51.1 Å². The monoisotopic (exact) mass is 324 g/mol. The van der Waals surface area contributed by atoms with E-state index in [0.29, 0.717) is 21.3 Å². The molecule has 1 N–H and O–H groups in total. The lowest BCUT2D eigenvalue weighted by molar-refractivity contribution is 0.102. The molecule has 1 aromatic carbocycles. The lowest BCUT2D eigenvalue weighted by atomic mass is 10.1. The van der Waals surface area contributed by atoms with Crippen molar-refractivity contribution in [2.45, 2.75) is 13.8 Å². The number of benzene rings is 1. The number of hydrogen-bond donors (Lipinski definition) is 1. The van der Waals surface area contributed by atoms with Crippen LogP contribution in [0.15, 0.2) is 29.1 Å². The van der Waals surface area contributed by atoms with Crippen molar-refractivity contribution in [1.82, 2.24) is 4.57 Å². The minimum atomic E-state index is -0.489. The van der Waals surface area contributed by atoms with Crippen LogP contribution in [0.3, 0.4) is 0 Å². The van der Waals surface area contributed by atoms with E-state index < -0.39 is 5.91 Å². The first-order chi connectivity index (χ1) is 9.81. The Balaban J connectivity index is 2.42. The van der Waals surface area contributed by atoms with Crippen LogP contribution in [0.25, 0.3) is 0 Å². The van der Waals surface area contributed by atoms with Crippen molar-refractivity contribution < 1.29 is 4.79 Å². The normalized spacial score (nSPS) is 10.5. The van der Waals surface area contributed by atoms with Crippen molar-refractivity contribution in [3.63, 3.8) is 0 Å². The van der Waals surface area contributed by atoms with Crippen molar-refractivity contribution in [1.29, 1.82) is 0 Å². The van der Waals surface area contributed by atoms with E-state index in [1.165, 1.54) is 10.6 Å². The van der Waals surface area contributed by atoms with Crippen LogP contribution in [0, 0.1) is 13.8 Å². The molecule has 0 spiro atoms. The quantitative estimate of drug-likeness (QED) is 0.918. The predicted octanol–water partition coefficient (Wildman–Crippen LogP) is 3.56. The van der Waals surface area contributed by atoms with Gasteiger partial charge in [0.2, 0.25) is 0 Å². The zero-order valence-corrected chi connectivity index (χ0v) is 13.3. The maximum atomic E-state index is 12.3. The Kier molecular flexibility index (Phi) is 4.40. The van der Waals surface area contributed by atoms with Gasteiger partial charge in [0.15, 0.2) is 0 Å². The highest BCUT2D eigenvalue weighted by molar-refractivity contribution is 6.36. The number of halogens is 2. The summed E-state index contributed by atoms with van der Waals surface area (Å²) in [5.41, 5.74) is 1.59. The van der Waals surface area contributed by atoms with Crippen molar-refractivity contribution in [3.8, 4) is 0 Å². The summed E-state index contributed by atoms with van der Waals surface area (Å²) in [6.07, 6.45) is 0. The first-order valence-electron chi connectivity index (χ1n) is 6.25. The average molecular weight is 325 g/mol. The molecule has 0 unspecified atom stereocenters. The van der Waals surface area contributed by atoms with Crippen LogP contribution in [0.4, 0.5) is 5.69 Å². The molecule has 1 aromatic heterocycles. The second-order valence-corrected chi connectivity index (χ2v) is 5.63. The summed E-state index contributed by atoms with van der Waals surface area (Å²) < 4.78 is 1.44. The van der Waals surface area contributed by atoms with Gasteiger partial charge in [0.25, 0.3) is 11.5 Å². The summed E-state index contributed by atoms with van der Waals surface area (Å²) >= 11 is 11.8. The first-order valence-corrected chi connectivity index (χ1v) is 7.00. The summed E-state index contributed by atoms with van der Waals surface area (Å²) in [5, 5.41) is 3.43. The van der Waals surface area contributed by atoms with Crippen LogP contribution in [0.2, 0.25) is 10.0 Å². The van der Waals surface area contributed by atoms with E-state index in [1.54, 1.807) is 32.2 Å². The smallest absolute Gasteiger partial charge is 0.263 e. The molecule has 0 radical (unpaired) electrons. The molecule has 21 heavy (non-hydrogen) atoms. The van der Waals surface area contributed by atoms with Crippen molar-refractivity contribution in [3.05, 3.63) is 61.5 Å². The number of aryl methyl sites for hydroxylation is 2. The van der Waals surface area contributed by atoms with Crippen LogP contribution in [-0.4, -0.2) is 10.5 Å². The van der Waals surface area contributed by atoms with Crippen LogP contribution >= 0.6 is 23.2 Å². The van der Waals surface area contributed by atoms with Crippen LogP contribution < -0.4 is 10.9 Å². The van der Waals surface area contributed by atoms with Gasteiger partial charge in [0.05, 0.1) is 10.7 Å². The number of aromatic nitrogens is 1. The lowest BCUT2D eigenvalue weighted by Crippen LogP contribution is -2.30. The number of carbonyl (C=O) groups is 1. The molecule has 0 bridgehead atoms. The van der Waals surface area contributed by atoms with Crippen LogP contribution in [0.5, 0.6) is 0 Å². The van der Waals surface area contributed by atoms with Crippen LogP contribution in [0.1, 0.15) is 21.6 Å². The highest BCUT2D eigenvalue weighted by atomic mass is 35.5. The molecule has 0 aliphatic carbocycles. The summed E-state index contributed by atoms with van der Waals surface area (Å²) in [5.74, 6) is -0.489.